The van der Waals surface area contributed by atoms with Crippen molar-refractivity contribution in [2.45, 2.75) is 78.2 Å². The number of hydrogen-bond acceptors (Lipinski definition) is 14. The lowest BCUT2D eigenvalue weighted by Crippen LogP contribution is -2.43. The molecule has 294 valence electrons. The Morgan fingerprint density at radius 1 is 0.588 bits per heavy atom. The van der Waals surface area contributed by atoms with Crippen LogP contribution in [0, 0.1) is 12.8 Å². The van der Waals surface area contributed by atoms with Crippen LogP contribution >= 0.6 is 0 Å². The summed E-state index contributed by atoms with van der Waals surface area (Å²) >= 11 is 0. The number of alkyl carbamates (subject to hydrolysis) is 1. The first-order valence-corrected chi connectivity index (χ1v) is 16.6. The molecule has 0 aliphatic heterocycles. The molecular formula is C34H61N5O12. The van der Waals surface area contributed by atoms with Crippen LogP contribution in [-0.4, -0.2) is 145 Å². The molecule has 0 aromatic carbocycles. The van der Waals surface area contributed by atoms with E-state index < -0.39 is 23.6 Å². The molecule has 0 aromatic rings. The van der Waals surface area contributed by atoms with Crippen LogP contribution in [-0.2, 0) is 52.5 Å². The summed E-state index contributed by atoms with van der Waals surface area (Å²) in [6.45, 7) is 10.5. The zero-order chi connectivity index (χ0) is 40.4. The quantitative estimate of drug-likeness (QED) is 0.0581. The van der Waals surface area contributed by atoms with Crippen LogP contribution in [0.3, 0.4) is 0 Å². The Morgan fingerprint density at radius 2 is 0.961 bits per heavy atom. The van der Waals surface area contributed by atoms with E-state index in [2.05, 4.69) is 41.3 Å². The Labute approximate surface area is 304 Å². The van der Waals surface area contributed by atoms with Gasteiger partial charge >= 0.3 is 30.0 Å². The summed E-state index contributed by atoms with van der Waals surface area (Å²) in [5.74, 6) is -1.77. The predicted molar refractivity (Wildman–Crippen MR) is 189 cm³/mol. The zero-order valence-electron chi connectivity index (χ0n) is 32.7. The van der Waals surface area contributed by atoms with E-state index in [9.17, 15) is 33.6 Å². The van der Waals surface area contributed by atoms with Gasteiger partial charge in [-0.1, -0.05) is 6.92 Å². The molecule has 0 saturated carbocycles. The number of nitrogens with zero attached hydrogens (tertiary/aromatic N) is 2. The maximum Gasteiger partial charge on any atom is 0.407 e. The molecule has 0 bridgehead atoms. The van der Waals surface area contributed by atoms with E-state index >= 15 is 0 Å². The molecule has 0 aliphatic rings. The van der Waals surface area contributed by atoms with Crippen molar-refractivity contribution in [1.82, 2.24) is 25.8 Å². The van der Waals surface area contributed by atoms with Gasteiger partial charge in [-0.25, -0.2) is 4.79 Å². The lowest BCUT2D eigenvalue weighted by molar-refractivity contribution is -0.144. The first kappa shape index (κ1) is 48.7. The number of ether oxygens (including phenoxy) is 5. The molecule has 0 spiro atoms. The number of esters is 4. The normalized spacial score (nSPS) is 10.2. The number of nitrogens with one attached hydrogen (secondary N) is 3. The molecule has 0 fully saturated rings. The van der Waals surface area contributed by atoms with Crippen molar-refractivity contribution >= 4 is 41.8 Å². The van der Waals surface area contributed by atoms with E-state index in [1.165, 1.54) is 44.6 Å². The standard InChI is InChI=1S/C22H39N3O8.C10H20N2O4.C2H2/c1-7-8-17(26)24(13-10-19(28)31-5)15-16-25(14-11-20(29)32-6)18(27)9-12-23-21(30)33-22(2,3)4;1-15-9(13)3-5-11-7-8-12-6-4-10(14)16-2;1-2/h7-16H2,1-6H3,(H,23,30);11-12H,3-8H2,1-2H3;1-2H/i;;1D. The topological polar surface area (TPSA) is 208 Å². The van der Waals surface area contributed by atoms with Gasteiger partial charge in [0, 0.05) is 71.7 Å². The molecule has 3 N–H and O–H groups in total. The molecule has 0 saturated heterocycles. The van der Waals surface area contributed by atoms with Crippen molar-refractivity contribution in [3.8, 4) is 12.8 Å². The number of hydrogen-bond donors (Lipinski definition) is 3. The number of terminal acetylenes is 1. The summed E-state index contributed by atoms with van der Waals surface area (Å²) in [6.07, 6.45) is 6.87. The first-order chi connectivity index (χ1) is 24.5. The van der Waals surface area contributed by atoms with Crippen LogP contribution < -0.4 is 16.0 Å². The minimum atomic E-state index is -0.653. The highest BCUT2D eigenvalue weighted by molar-refractivity contribution is 5.79. The number of rotatable bonds is 23. The summed E-state index contributed by atoms with van der Waals surface area (Å²) < 4.78 is 29.1. The van der Waals surface area contributed by atoms with Crippen LogP contribution in [0.5, 0.6) is 0 Å². The second kappa shape index (κ2) is 32.8. The fourth-order valence-corrected chi connectivity index (χ4v) is 3.75. The van der Waals surface area contributed by atoms with E-state index in [0.717, 1.165) is 13.1 Å². The van der Waals surface area contributed by atoms with Gasteiger partial charge in [0.15, 0.2) is 0 Å². The van der Waals surface area contributed by atoms with Gasteiger partial charge in [0.1, 0.15) is 6.97 Å². The fraction of sp³-hybridized carbons (Fsp3) is 0.735. The number of methoxy groups -OCH3 is 4. The lowest BCUT2D eigenvalue weighted by Gasteiger charge is -2.28. The summed E-state index contributed by atoms with van der Waals surface area (Å²) in [6, 6.07) is 0. The summed E-state index contributed by atoms with van der Waals surface area (Å²) in [5, 5.41) is 8.67. The van der Waals surface area contributed by atoms with E-state index in [0.29, 0.717) is 38.8 Å². The fourth-order valence-electron chi connectivity index (χ4n) is 3.75. The molecule has 0 unspecified atom stereocenters. The second-order valence-electron chi connectivity index (χ2n) is 11.5. The van der Waals surface area contributed by atoms with Gasteiger partial charge in [-0.2, -0.15) is 0 Å². The van der Waals surface area contributed by atoms with Crippen molar-refractivity contribution < 1.29 is 58.6 Å². The Morgan fingerprint density at radius 3 is 1.31 bits per heavy atom. The highest BCUT2D eigenvalue weighted by Crippen LogP contribution is 2.07. The summed E-state index contributed by atoms with van der Waals surface area (Å²) in [5.41, 5.74) is -0.653. The maximum atomic E-state index is 12.7. The molecule has 17 heteroatoms. The van der Waals surface area contributed by atoms with Crippen LogP contribution in [0.25, 0.3) is 0 Å². The molecular weight excluding hydrogens is 670 g/mol. The zero-order valence-corrected chi connectivity index (χ0v) is 31.7. The van der Waals surface area contributed by atoms with Gasteiger partial charge in [-0.05, 0) is 27.2 Å². The third-order valence-electron chi connectivity index (χ3n) is 6.39. The SMILES string of the molecule is CCCC(=O)N(CCC(=O)OC)CCN(CCC(=O)OC)C(=O)CCNC(=O)OC(C)(C)C.COC(=O)CCNCCNCCC(=O)OC.[2H]C#C. The van der Waals surface area contributed by atoms with Gasteiger partial charge < -0.3 is 49.4 Å². The minimum Gasteiger partial charge on any atom is -0.469 e. The average Bonchev–Trinajstić information content (AvgIpc) is 3.09. The molecule has 17 nitrogen and oxygen atoms in total. The van der Waals surface area contributed by atoms with E-state index in [1.807, 2.05) is 6.92 Å². The molecule has 0 atom stereocenters. The van der Waals surface area contributed by atoms with Crippen LogP contribution in [0.2, 0.25) is 0 Å². The summed E-state index contributed by atoms with van der Waals surface area (Å²) in [7, 11) is 5.28. The Kier molecular flexibility index (Phi) is 31.3. The Hall–Kier alpha value is -4.43. The highest BCUT2D eigenvalue weighted by Gasteiger charge is 2.21. The molecule has 0 aliphatic carbocycles. The Bertz CT molecular complexity index is 1070. The van der Waals surface area contributed by atoms with E-state index in [4.69, 9.17) is 6.11 Å². The number of carbonyl (C=O) groups excluding carboxylic acids is 7. The van der Waals surface area contributed by atoms with Gasteiger partial charge in [-0.3, -0.25) is 28.8 Å². The molecule has 0 radical (unpaired) electrons. The van der Waals surface area contributed by atoms with Gasteiger partial charge in [0.05, 0.1) is 54.1 Å². The average molecular weight is 733 g/mol. The van der Waals surface area contributed by atoms with E-state index in [-0.39, 0.29) is 75.7 Å². The van der Waals surface area contributed by atoms with Gasteiger partial charge in [-0.15, -0.1) is 12.8 Å². The number of carbonyl (C=O) groups is 7. The predicted octanol–water partition coefficient (Wildman–Crippen LogP) is 1.03. The highest BCUT2D eigenvalue weighted by atomic mass is 16.6. The lowest BCUT2D eigenvalue weighted by atomic mass is 10.2. The maximum absolute atomic E-state index is 12.7. The van der Waals surface area contributed by atoms with Crippen molar-refractivity contribution in [2.75, 3.05) is 87.3 Å². The van der Waals surface area contributed by atoms with Crippen LogP contribution in [0.15, 0.2) is 0 Å². The molecule has 0 aromatic heterocycles. The molecule has 51 heavy (non-hydrogen) atoms. The van der Waals surface area contributed by atoms with Crippen molar-refractivity contribution in [3.63, 3.8) is 0 Å². The number of amides is 3. The largest absolute Gasteiger partial charge is 0.469 e. The van der Waals surface area contributed by atoms with Crippen molar-refractivity contribution in [1.29, 1.82) is 0 Å². The second-order valence-corrected chi connectivity index (χ2v) is 11.5. The summed E-state index contributed by atoms with van der Waals surface area (Å²) in [4.78, 5) is 84.4. The van der Waals surface area contributed by atoms with E-state index in [1.54, 1.807) is 20.8 Å². The smallest absolute Gasteiger partial charge is 0.407 e. The van der Waals surface area contributed by atoms with Crippen molar-refractivity contribution in [3.05, 3.63) is 0 Å². The third kappa shape index (κ3) is 32.5. The van der Waals surface area contributed by atoms with Crippen LogP contribution in [0.4, 0.5) is 4.79 Å². The van der Waals surface area contributed by atoms with Crippen LogP contribution in [0.1, 0.15) is 74.0 Å². The molecule has 0 rings (SSSR count). The van der Waals surface area contributed by atoms with Crippen molar-refractivity contribution in [2.24, 2.45) is 0 Å². The van der Waals surface area contributed by atoms with Gasteiger partial charge in [0.2, 0.25) is 11.8 Å². The third-order valence-corrected chi connectivity index (χ3v) is 6.39. The monoisotopic (exact) mass is 732 g/mol. The minimum absolute atomic E-state index is 0.00714. The van der Waals surface area contributed by atoms with Gasteiger partial charge in [0.25, 0.3) is 0 Å². The molecule has 0 heterocycles. The molecule has 3 amide bonds. The Balaban J connectivity index is -0.00000105. The first-order valence-electron chi connectivity index (χ1n) is 17.1.